The van der Waals surface area contributed by atoms with Crippen LogP contribution in [0, 0.1) is 0 Å². The van der Waals surface area contributed by atoms with Crippen LogP contribution in [-0.2, 0) is 4.79 Å². The number of hydrogen-bond donors (Lipinski definition) is 1. The van der Waals surface area contributed by atoms with E-state index in [2.05, 4.69) is 10.2 Å². The second-order valence-electron chi connectivity index (χ2n) is 6.10. The van der Waals surface area contributed by atoms with Gasteiger partial charge in [-0.15, -0.1) is 0 Å². The van der Waals surface area contributed by atoms with Gasteiger partial charge in [-0.3, -0.25) is 4.79 Å². The lowest BCUT2D eigenvalue weighted by atomic mass is 9.90. The second kappa shape index (κ2) is 8.06. The molecule has 0 saturated carbocycles. The number of hydrogen-bond acceptors (Lipinski definition) is 2. The molecule has 0 spiro atoms. The van der Waals surface area contributed by atoms with Gasteiger partial charge in [0.2, 0.25) is 5.91 Å². The van der Waals surface area contributed by atoms with Crippen LogP contribution in [0.1, 0.15) is 36.3 Å². The van der Waals surface area contributed by atoms with Crippen LogP contribution in [0.25, 0.3) is 0 Å². The molecule has 2 aromatic carbocycles. The summed E-state index contributed by atoms with van der Waals surface area (Å²) < 4.78 is 0. The fourth-order valence-corrected chi connectivity index (χ4v) is 3.42. The molecule has 0 bridgehead atoms. The molecular weight excluding hydrogens is 316 g/mol. The Kier molecular flexibility index (Phi) is 5.59. The van der Waals surface area contributed by atoms with Crippen LogP contribution in [0.3, 0.4) is 0 Å². The van der Waals surface area contributed by atoms with Crippen molar-refractivity contribution in [3.05, 3.63) is 71.8 Å². The van der Waals surface area contributed by atoms with Gasteiger partial charge in [0.25, 0.3) is 0 Å². The average Bonchev–Trinajstić information content (AvgIpc) is 2.64. The van der Waals surface area contributed by atoms with Gasteiger partial charge in [-0.05, 0) is 42.6 Å². The van der Waals surface area contributed by atoms with Gasteiger partial charge in [-0.2, -0.15) is 0 Å². The van der Waals surface area contributed by atoms with E-state index in [1.807, 2.05) is 60.7 Å². The van der Waals surface area contributed by atoms with Gasteiger partial charge >= 0.3 is 0 Å². The first-order chi connectivity index (χ1) is 11.8. The molecule has 0 radical (unpaired) electrons. The number of benzene rings is 2. The zero-order valence-electron chi connectivity index (χ0n) is 13.7. The summed E-state index contributed by atoms with van der Waals surface area (Å²) in [6, 6.07) is 19.7. The fraction of sp³-hybridized carbons (Fsp3) is 0.300. The van der Waals surface area contributed by atoms with E-state index >= 15 is 0 Å². The SMILES string of the molecule is O=C(NC(=S)N1CCCCC1)C(c1ccccc1)c1ccccc1. The minimum Gasteiger partial charge on any atom is -0.349 e. The molecule has 0 atom stereocenters. The molecule has 0 unspecified atom stereocenters. The zero-order valence-corrected chi connectivity index (χ0v) is 14.5. The molecule has 0 aliphatic carbocycles. The van der Waals surface area contributed by atoms with E-state index in [4.69, 9.17) is 12.2 Å². The standard InChI is InChI=1S/C20H22N2OS/c23-19(21-20(24)22-14-8-3-9-15-22)18(16-10-4-1-5-11-16)17-12-6-2-7-13-17/h1-2,4-7,10-13,18H,3,8-9,14-15H2,(H,21,23,24). The summed E-state index contributed by atoms with van der Waals surface area (Å²) in [4.78, 5) is 15.1. The first-order valence-electron chi connectivity index (χ1n) is 8.45. The van der Waals surface area contributed by atoms with Crippen molar-refractivity contribution >= 4 is 23.2 Å². The molecule has 1 heterocycles. The van der Waals surface area contributed by atoms with Crippen molar-refractivity contribution in [1.82, 2.24) is 10.2 Å². The number of carbonyl (C=O) groups excluding carboxylic acids is 1. The van der Waals surface area contributed by atoms with Crippen LogP contribution in [0.4, 0.5) is 0 Å². The minimum absolute atomic E-state index is 0.0667. The molecule has 0 aromatic heterocycles. The second-order valence-corrected chi connectivity index (χ2v) is 6.48. The van der Waals surface area contributed by atoms with Crippen LogP contribution in [0.2, 0.25) is 0 Å². The topological polar surface area (TPSA) is 32.3 Å². The van der Waals surface area contributed by atoms with Crippen molar-refractivity contribution in [3.63, 3.8) is 0 Å². The van der Waals surface area contributed by atoms with Crippen molar-refractivity contribution < 1.29 is 4.79 Å². The van der Waals surface area contributed by atoms with E-state index in [0.717, 1.165) is 37.1 Å². The monoisotopic (exact) mass is 338 g/mol. The number of nitrogens with zero attached hydrogens (tertiary/aromatic N) is 1. The maximum atomic E-state index is 13.0. The molecule has 1 aliphatic rings. The molecule has 1 saturated heterocycles. The van der Waals surface area contributed by atoms with Crippen molar-refractivity contribution in [1.29, 1.82) is 0 Å². The molecular formula is C20H22N2OS. The predicted octanol–water partition coefficient (Wildman–Crippen LogP) is 3.71. The summed E-state index contributed by atoms with van der Waals surface area (Å²) in [5.41, 5.74) is 1.95. The van der Waals surface area contributed by atoms with Gasteiger partial charge in [-0.1, -0.05) is 60.7 Å². The summed E-state index contributed by atoms with van der Waals surface area (Å²) in [6.45, 7) is 1.86. The highest BCUT2D eigenvalue weighted by Crippen LogP contribution is 2.25. The number of piperidine rings is 1. The summed E-state index contributed by atoms with van der Waals surface area (Å²) in [5.74, 6) is -0.418. The summed E-state index contributed by atoms with van der Waals surface area (Å²) in [7, 11) is 0. The quantitative estimate of drug-likeness (QED) is 0.866. The van der Waals surface area contributed by atoms with Gasteiger partial charge in [0, 0.05) is 13.1 Å². The Hall–Kier alpha value is -2.20. The van der Waals surface area contributed by atoms with E-state index in [9.17, 15) is 4.79 Å². The molecule has 1 amide bonds. The van der Waals surface area contributed by atoms with Crippen LogP contribution < -0.4 is 5.32 Å². The molecule has 1 aliphatic heterocycles. The predicted molar refractivity (Wildman–Crippen MR) is 101 cm³/mol. The third kappa shape index (κ3) is 4.01. The van der Waals surface area contributed by atoms with Crippen LogP contribution in [0.5, 0.6) is 0 Å². The van der Waals surface area contributed by atoms with Gasteiger partial charge in [0.15, 0.2) is 5.11 Å². The Morgan fingerprint density at radius 3 is 1.88 bits per heavy atom. The largest absolute Gasteiger partial charge is 0.349 e. The highest BCUT2D eigenvalue weighted by molar-refractivity contribution is 7.80. The van der Waals surface area contributed by atoms with E-state index in [-0.39, 0.29) is 11.8 Å². The Bertz CT molecular complexity index is 642. The molecule has 124 valence electrons. The van der Waals surface area contributed by atoms with E-state index in [1.165, 1.54) is 6.42 Å². The Morgan fingerprint density at radius 1 is 0.875 bits per heavy atom. The highest BCUT2D eigenvalue weighted by Gasteiger charge is 2.25. The summed E-state index contributed by atoms with van der Waals surface area (Å²) in [6.07, 6.45) is 3.51. The van der Waals surface area contributed by atoms with Crippen molar-refractivity contribution in [2.45, 2.75) is 25.2 Å². The number of rotatable bonds is 3. The van der Waals surface area contributed by atoms with Crippen LogP contribution in [-0.4, -0.2) is 29.0 Å². The lowest BCUT2D eigenvalue weighted by molar-refractivity contribution is -0.120. The van der Waals surface area contributed by atoms with Crippen molar-refractivity contribution in [2.24, 2.45) is 0 Å². The zero-order chi connectivity index (χ0) is 16.8. The van der Waals surface area contributed by atoms with E-state index < -0.39 is 0 Å². The molecule has 24 heavy (non-hydrogen) atoms. The Morgan fingerprint density at radius 2 is 1.38 bits per heavy atom. The van der Waals surface area contributed by atoms with Crippen molar-refractivity contribution in [2.75, 3.05) is 13.1 Å². The number of likely N-dealkylation sites (tertiary alicyclic amines) is 1. The van der Waals surface area contributed by atoms with Gasteiger partial charge in [-0.25, -0.2) is 0 Å². The van der Waals surface area contributed by atoms with Crippen LogP contribution in [0.15, 0.2) is 60.7 Å². The number of nitrogens with one attached hydrogen (secondary N) is 1. The smallest absolute Gasteiger partial charge is 0.238 e. The maximum absolute atomic E-state index is 13.0. The van der Waals surface area contributed by atoms with Crippen LogP contribution >= 0.6 is 12.2 Å². The molecule has 1 fully saturated rings. The summed E-state index contributed by atoms with van der Waals surface area (Å²) in [5, 5.41) is 3.52. The Balaban J connectivity index is 1.80. The first kappa shape index (κ1) is 16.7. The molecule has 3 rings (SSSR count). The van der Waals surface area contributed by atoms with Crippen molar-refractivity contribution in [3.8, 4) is 0 Å². The molecule has 3 nitrogen and oxygen atoms in total. The normalized spacial score (nSPS) is 14.5. The molecule has 2 aromatic rings. The van der Waals surface area contributed by atoms with E-state index in [1.54, 1.807) is 0 Å². The third-order valence-electron chi connectivity index (χ3n) is 4.40. The van der Waals surface area contributed by atoms with E-state index in [0.29, 0.717) is 5.11 Å². The number of thiocarbonyl (C=S) groups is 1. The van der Waals surface area contributed by atoms with Gasteiger partial charge in [0.05, 0.1) is 5.92 Å². The molecule has 1 N–H and O–H groups in total. The number of amides is 1. The molecule has 4 heteroatoms. The average molecular weight is 338 g/mol. The lowest BCUT2D eigenvalue weighted by Crippen LogP contribution is -2.46. The number of carbonyl (C=O) groups is 1. The minimum atomic E-state index is -0.352. The first-order valence-corrected chi connectivity index (χ1v) is 8.86. The highest BCUT2D eigenvalue weighted by atomic mass is 32.1. The fourth-order valence-electron chi connectivity index (χ4n) is 3.14. The third-order valence-corrected chi connectivity index (χ3v) is 4.76. The summed E-state index contributed by atoms with van der Waals surface area (Å²) >= 11 is 5.46. The Labute approximate surface area is 148 Å². The van der Waals surface area contributed by atoms with Gasteiger partial charge < -0.3 is 10.2 Å². The van der Waals surface area contributed by atoms with Gasteiger partial charge in [0.1, 0.15) is 0 Å². The maximum Gasteiger partial charge on any atom is 0.238 e. The lowest BCUT2D eigenvalue weighted by Gasteiger charge is -2.29.